The zero-order valence-electron chi connectivity index (χ0n) is 13.2. The summed E-state index contributed by atoms with van der Waals surface area (Å²) in [5, 5.41) is 2.87. The van der Waals surface area contributed by atoms with Crippen molar-refractivity contribution < 1.29 is 14.3 Å². The molecule has 0 atom stereocenters. The molecule has 2 amide bonds. The number of rotatable bonds is 4. The van der Waals surface area contributed by atoms with E-state index < -0.39 is 0 Å². The van der Waals surface area contributed by atoms with E-state index in [-0.39, 0.29) is 18.0 Å². The van der Waals surface area contributed by atoms with Crippen LogP contribution in [0.3, 0.4) is 0 Å². The molecule has 1 N–H and O–H groups in total. The molecule has 5 nitrogen and oxygen atoms in total. The number of piperidine rings is 1. The summed E-state index contributed by atoms with van der Waals surface area (Å²) in [7, 11) is 0. The summed E-state index contributed by atoms with van der Waals surface area (Å²) in [6.07, 6.45) is 1.16. The minimum atomic E-state index is -0.360. The van der Waals surface area contributed by atoms with Crippen LogP contribution in [0.1, 0.15) is 37.0 Å². The maximum absolute atomic E-state index is 12.3. The van der Waals surface area contributed by atoms with E-state index in [1.54, 1.807) is 0 Å². The molecule has 22 heavy (non-hydrogen) atoms. The minimum Gasteiger partial charge on any atom is -0.449 e. The van der Waals surface area contributed by atoms with Crippen LogP contribution >= 0.6 is 0 Å². The van der Waals surface area contributed by atoms with Crippen LogP contribution in [0, 0.1) is 5.92 Å². The summed E-state index contributed by atoms with van der Waals surface area (Å²) in [6, 6.07) is 9.37. The van der Waals surface area contributed by atoms with E-state index in [9.17, 15) is 9.59 Å². The number of alkyl carbamates (subject to hydrolysis) is 1. The molecule has 0 bridgehead atoms. The summed E-state index contributed by atoms with van der Waals surface area (Å²) in [5.74, 6) is 0.387. The summed E-state index contributed by atoms with van der Waals surface area (Å²) in [4.78, 5) is 25.8. The molecule has 1 saturated heterocycles. The van der Waals surface area contributed by atoms with Gasteiger partial charge in [0.25, 0.3) is 5.91 Å². The first-order valence-corrected chi connectivity index (χ1v) is 7.84. The quantitative estimate of drug-likeness (QED) is 0.930. The Bertz CT molecular complexity index is 494. The predicted octanol–water partition coefficient (Wildman–Crippen LogP) is 2.67. The molecule has 0 unspecified atom stereocenters. The summed E-state index contributed by atoms with van der Waals surface area (Å²) < 4.78 is 5.12. The first kappa shape index (κ1) is 16.3. The number of carbonyl (C=O) groups excluding carboxylic acids is 2. The van der Waals surface area contributed by atoms with Gasteiger partial charge in [-0.2, -0.15) is 0 Å². The molecule has 1 heterocycles. The smallest absolute Gasteiger partial charge is 0.407 e. The molecular formula is C17H24N2O3. The van der Waals surface area contributed by atoms with E-state index >= 15 is 0 Å². The molecule has 0 aromatic heterocycles. The van der Waals surface area contributed by atoms with Gasteiger partial charge < -0.3 is 15.0 Å². The standard InChI is InChI=1S/C17H24N2O3/c1-13(2)12-22-17(21)18-15-8-10-19(11-9-15)16(20)14-6-4-3-5-7-14/h3-7,13,15H,8-12H2,1-2H3,(H,18,21). The largest absolute Gasteiger partial charge is 0.449 e. The van der Waals surface area contributed by atoms with Gasteiger partial charge in [0.2, 0.25) is 0 Å². The van der Waals surface area contributed by atoms with Crippen LogP contribution in [0.25, 0.3) is 0 Å². The number of nitrogens with zero attached hydrogens (tertiary/aromatic N) is 1. The van der Waals surface area contributed by atoms with Gasteiger partial charge in [-0.05, 0) is 30.9 Å². The van der Waals surface area contributed by atoms with Crippen molar-refractivity contribution in [1.82, 2.24) is 10.2 Å². The highest BCUT2D eigenvalue weighted by molar-refractivity contribution is 5.94. The summed E-state index contributed by atoms with van der Waals surface area (Å²) in [6.45, 7) is 5.74. The van der Waals surface area contributed by atoms with E-state index in [4.69, 9.17) is 4.74 Å². The molecule has 0 aliphatic carbocycles. The van der Waals surface area contributed by atoms with Crippen LogP contribution in [0.5, 0.6) is 0 Å². The molecule has 1 aliphatic heterocycles. The molecule has 1 aliphatic rings. The number of likely N-dealkylation sites (tertiary alicyclic amines) is 1. The maximum atomic E-state index is 12.3. The first-order valence-electron chi connectivity index (χ1n) is 7.84. The Hall–Kier alpha value is -2.04. The first-order chi connectivity index (χ1) is 10.6. The molecule has 1 aromatic carbocycles. The molecule has 5 heteroatoms. The van der Waals surface area contributed by atoms with Crippen LogP contribution in [-0.2, 0) is 4.74 Å². The fourth-order valence-electron chi connectivity index (χ4n) is 2.44. The Morgan fingerprint density at radius 3 is 2.45 bits per heavy atom. The minimum absolute atomic E-state index is 0.0569. The van der Waals surface area contributed by atoms with Crippen LogP contribution in [0.2, 0.25) is 0 Å². The number of benzene rings is 1. The average molecular weight is 304 g/mol. The lowest BCUT2D eigenvalue weighted by atomic mass is 10.0. The third-order valence-electron chi connectivity index (χ3n) is 3.67. The van der Waals surface area contributed by atoms with E-state index in [1.807, 2.05) is 49.1 Å². The molecule has 0 radical (unpaired) electrons. The van der Waals surface area contributed by atoms with E-state index in [1.165, 1.54) is 0 Å². The monoisotopic (exact) mass is 304 g/mol. The van der Waals surface area contributed by atoms with Crippen molar-refractivity contribution in [2.45, 2.75) is 32.7 Å². The maximum Gasteiger partial charge on any atom is 0.407 e. The van der Waals surface area contributed by atoms with Gasteiger partial charge >= 0.3 is 6.09 Å². The van der Waals surface area contributed by atoms with Crippen molar-refractivity contribution in [1.29, 1.82) is 0 Å². The van der Waals surface area contributed by atoms with Crippen LogP contribution in [0.4, 0.5) is 4.79 Å². The van der Waals surface area contributed by atoms with E-state index in [2.05, 4.69) is 5.32 Å². The number of hydrogen-bond donors (Lipinski definition) is 1. The number of hydrogen-bond acceptors (Lipinski definition) is 3. The molecule has 120 valence electrons. The molecule has 0 saturated carbocycles. The van der Waals surface area contributed by atoms with E-state index in [0.717, 1.165) is 12.8 Å². The van der Waals surface area contributed by atoms with Crippen molar-refractivity contribution in [3.8, 4) is 0 Å². The molecule has 1 aromatic rings. The summed E-state index contributed by atoms with van der Waals surface area (Å²) in [5.41, 5.74) is 0.713. The van der Waals surface area contributed by atoms with Crippen molar-refractivity contribution >= 4 is 12.0 Å². The van der Waals surface area contributed by atoms with Crippen molar-refractivity contribution in [2.75, 3.05) is 19.7 Å². The van der Waals surface area contributed by atoms with Crippen LogP contribution < -0.4 is 5.32 Å². The number of amides is 2. The Morgan fingerprint density at radius 1 is 1.23 bits per heavy atom. The molecule has 0 spiro atoms. The van der Waals surface area contributed by atoms with Gasteiger partial charge in [0, 0.05) is 24.7 Å². The van der Waals surface area contributed by atoms with Gasteiger partial charge in [0.05, 0.1) is 6.61 Å². The second-order valence-electron chi connectivity index (χ2n) is 6.07. The highest BCUT2D eigenvalue weighted by Crippen LogP contribution is 2.14. The van der Waals surface area contributed by atoms with Gasteiger partial charge in [-0.1, -0.05) is 32.0 Å². The van der Waals surface area contributed by atoms with Gasteiger partial charge in [0.1, 0.15) is 0 Å². The number of carbonyl (C=O) groups is 2. The number of ether oxygens (including phenoxy) is 1. The van der Waals surface area contributed by atoms with Crippen LogP contribution in [-0.4, -0.2) is 42.6 Å². The third-order valence-corrected chi connectivity index (χ3v) is 3.67. The van der Waals surface area contributed by atoms with E-state index in [0.29, 0.717) is 31.2 Å². The summed E-state index contributed by atoms with van der Waals surface area (Å²) >= 11 is 0. The molecule has 2 rings (SSSR count). The molecular weight excluding hydrogens is 280 g/mol. The zero-order chi connectivity index (χ0) is 15.9. The van der Waals surface area contributed by atoms with Crippen molar-refractivity contribution in [3.05, 3.63) is 35.9 Å². The lowest BCUT2D eigenvalue weighted by Gasteiger charge is -2.32. The van der Waals surface area contributed by atoms with Crippen molar-refractivity contribution in [2.24, 2.45) is 5.92 Å². The second-order valence-corrected chi connectivity index (χ2v) is 6.07. The number of nitrogens with one attached hydrogen (secondary N) is 1. The van der Waals surface area contributed by atoms with Gasteiger partial charge in [-0.15, -0.1) is 0 Å². The van der Waals surface area contributed by atoms with Crippen LogP contribution in [0.15, 0.2) is 30.3 Å². The van der Waals surface area contributed by atoms with Gasteiger partial charge in [0.15, 0.2) is 0 Å². The lowest BCUT2D eigenvalue weighted by molar-refractivity contribution is 0.0700. The Morgan fingerprint density at radius 2 is 1.86 bits per heavy atom. The predicted molar refractivity (Wildman–Crippen MR) is 84.7 cm³/mol. The van der Waals surface area contributed by atoms with Gasteiger partial charge in [-0.3, -0.25) is 4.79 Å². The molecule has 1 fully saturated rings. The normalized spacial score (nSPS) is 15.7. The SMILES string of the molecule is CC(C)COC(=O)NC1CCN(C(=O)c2ccccc2)CC1. The average Bonchev–Trinajstić information content (AvgIpc) is 2.54. The highest BCUT2D eigenvalue weighted by Gasteiger charge is 2.24. The second kappa shape index (κ2) is 7.82. The highest BCUT2D eigenvalue weighted by atomic mass is 16.5. The third kappa shape index (κ3) is 4.76. The zero-order valence-corrected chi connectivity index (χ0v) is 13.2. The lowest BCUT2D eigenvalue weighted by Crippen LogP contribution is -2.46. The van der Waals surface area contributed by atoms with Gasteiger partial charge in [-0.25, -0.2) is 4.79 Å². The Kier molecular flexibility index (Phi) is 5.81. The topological polar surface area (TPSA) is 58.6 Å². The fourth-order valence-corrected chi connectivity index (χ4v) is 2.44. The Labute approximate surface area is 131 Å². The Balaban J connectivity index is 1.76. The fraction of sp³-hybridized carbons (Fsp3) is 0.529. The van der Waals surface area contributed by atoms with Crippen molar-refractivity contribution in [3.63, 3.8) is 0 Å².